The summed E-state index contributed by atoms with van der Waals surface area (Å²) >= 11 is 0. The average Bonchev–Trinajstić information content (AvgIpc) is 2.76. The number of rotatable bonds is 1. The summed E-state index contributed by atoms with van der Waals surface area (Å²) in [5.74, 6) is 0.355. The van der Waals surface area contributed by atoms with Gasteiger partial charge >= 0.3 is 0 Å². The molecule has 142 valence electrons. The molecule has 0 aromatic heterocycles. The molecule has 0 saturated heterocycles. The molecule has 4 heteroatoms. The molecule has 0 amide bonds. The van der Waals surface area contributed by atoms with Gasteiger partial charge in [-0.2, -0.15) is 0 Å². The van der Waals surface area contributed by atoms with E-state index in [1.165, 1.54) is 6.92 Å². The summed E-state index contributed by atoms with van der Waals surface area (Å²) in [7, 11) is 0. The lowest BCUT2D eigenvalue weighted by Gasteiger charge is -2.57. The van der Waals surface area contributed by atoms with Crippen molar-refractivity contribution in [2.24, 2.45) is 34.5 Å². The maximum absolute atomic E-state index is 13.4. The van der Waals surface area contributed by atoms with Crippen LogP contribution in [0.2, 0.25) is 0 Å². The maximum atomic E-state index is 13.4. The van der Waals surface area contributed by atoms with Gasteiger partial charge in [-0.05, 0) is 61.9 Å². The largest absolute Gasteiger partial charge is 0.381 e. The van der Waals surface area contributed by atoms with Crippen LogP contribution in [0, 0.1) is 34.5 Å². The van der Waals surface area contributed by atoms with Crippen molar-refractivity contribution < 1.29 is 19.5 Å². The minimum atomic E-state index is -1.40. The van der Waals surface area contributed by atoms with Crippen molar-refractivity contribution >= 4 is 17.3 Å². The van der Waals surface area contributed by atoms with Crippen LogP contribution in [0.15, 0.2) is 11.6 Å². The molecule has 4 aliphatic carbocycles. The van der Waals surface area contributed by atoms with E-state index in [4.69, 9.17) is 0 Å². The number of ketones is 3. The van der Waals surface area contributed by atoms with E-state index in [0.717, 1.165) is 31.3 Å². The SMILES string of the molecule is CC(=O)[C@@]1(O)C(C)C[C@H]2[C@@H]3CCC4=CC(=O)CC[C@]4(C)[C@H]3C(=O)C[C@@]21C. The van der Waals surface area contributed by atoms with Gasteiger partial charge < -0.3 is 5.11 Å². The average molecular weight is 358 g/mol. The van der Waals surface area contributed by atoms with Crippen LogP contribution in [0.3, 0.4) is 0 Å². The molecule has 4 rings (SSSR count). The van der Waals surface area contributed by atoms with Gasteiger partial charge in [-0.1, -0.05) is 26.3 Å². The first-order chi connectivity index (χ1) is 12.1. The second kappa shape index (κ2) is 5.37. The predicted octanol–water partition coefficient (Wildman–Crippen LogP) is 3.26. The third-order valence-electron chi connectivity index (χ3n) is 8.77. The number of carbonyl (C=O) groups excluding carboxylic acids is 3. The van der Waals surface area contributed by atoms with E-state index in [9.17, 15) is 19.5 Å². The lowest BCUT2D eigenvalue weighted by molar-refractivity contribution is -0.171. The van der Waals surface area contributed by atoms with Crippen LogP contribution in [0.5, 0.6) is 0 Å². The molecule has 0 aliphatic heterocycles. The quantitative estimate of drug-likeness (QED) is 0.781. The Labute approximate surface area is 155 Å². The molecule has 3 saturated carbocycles. The molecule has 0 aromatic carbocycles. The van der Waals surface area contributed by atoms with Crippen LogP contribution < -0.4 is 0 Å². The molecule has 1 N–H and O–H groups in total. The number of aliphatic hydroxyl groups is 1. The highest BCUT2D eigenvalue weighted by Gasteiger charge is 2.70. The van der Waals surface area contributed by atoms with Crippen molar-refractivity contribution in [2.45, 2.75) is 71.8 Å². The van der Waals surface area contributed by atoms with E-state index in [-0.39, 0.29) is 52.9 Å². The Balaban J connectivity index is 1.79. The molecule has 0 aromatic rings. The van der Waals surface area contributed by atoms with Crippen LogP contribution in [0.25, 0.3) is 0 Å². The van der Waals surface area contributed by atoms with Gasteiger partial charge in [0.15, 0.2) is 11.6 Å². The Hall–Kier alpha value is -1.29. The van der Waals surface area contributed by atoms with Gasteiger partial charge in [0.25, 0.3) is 0 Å². The molecule has 0 heterocycles. The summed E-state index contributed by atoms with van der Waals surface area (Å²) in [4.78, 5) is 37.7. The second-order valence-corrected chi connectivity index (χ2v) is 9.86. The molecule has 4 aliphatic rings. The first-order valence-electron chi connectivity index (χ1n) is 10.1. The standard InChI is InChI=1S/C22H30O4/c1-12-9-17-16-6-5-14-10-15(24)7-8-20(14,3)19(16)18(25)11-21(17,4)22(12,26)13(2)23/h10,12,16-17,19,26H,5-9,11H2,1-4H3/t12?,16-,17-,19+,20-,21-,22-/m0/s1. The van der Waals surface area contributed by atoms with Crippen LogP contribution in [0.1, 0.15) is 66.2 Å². The topological polar surface area (TPSA) is 71.4 Å². The van der Waals surface area contributed by atoms with E-state index < -0.39 is 11.0 Å². The molecular formula is C22H30O4. The van der Waals surface area contributed by atoms with Crippen molar-refractivity contribution in [1.82, 2.24) is 0 Å². The highest BCUT2D eigenvalue weighted by Crippen LogP contribution is 2.67. The number of hydrogen-bond acceptors (Lipinski definition) is 4. The first kappa shape index (κ1) is 18.1. The number of allylic oxidation sites excluding steroid dienone is 1. The summed E-state index contributed by atoms with van der Waals surface area (Å²) in [6.45, 7) is 7.56. The fourth-order valence-electron chi connectivity index (χ4n) is 7.47. The molecule has 4 nitrogen and oxygen atoms in total. The lowest BCUT2D eigenvalue weighted by atomic mass is 9.46. The van der Waals surface area contributed by atoms with E-state index in [0.29, 0.717) is 6.42 Å². The predicted molar refractivity (Wildman–Crippen MR) is 97.3 cm³/mol. The van der Waals surface area contributed by atoms with Gasteiger partial charge in [-0.15, -0.1) is 0 Å². The van der Waals surface area contributed by atoms with Crippen molar-refractivity contribution in [1.29, 1.82) is 0 Å². The maximum Gasteiger partial charge on any atom is 0.162 e. The molecular weight excluding hydrogens is 328 g/mol. The summed E-state index contributed by atoms with van der Waals surface area (Å²) in [6, 6.07) is 0. The third-order valence-corrected chi connectivity index (χ3v) is 8.77. The summed E-state index contributed by atoms with van der Waals surface area (Å²) in [5, 5.41) is 11.4. The van der Waals surface area contributed by atoms with Crippen LogP contribution in [-0.4, -0.2) is 28.1 Å². The Morgan fingerprint density at radius 1 is 1.23 bits per heavy atom. The van der Waals surface area contributed by atoms with Gasteiger partial charge in [-0.25, -0.2) is 0 Å². The fourth-order valence-corrected chi connectivity index (χ4v) is 7.47. The minimum absolute atomic E-state index is 0.0739. The van der Waals surface area contributed by atoms with Crippen molar-refractivity contribution in [3.8, 4) is 0 Å². The van der Waals surface area contributed by atoms with E-state index in [2.05, 4.69) is 6.92 Å². The van der Waals surface area contributed by atoms with Gasteiger partial charge in [0.05, 0.1) is 0 Å². The molecule has 0 radical (unpaired) electrons. The summed E-state index contributed by atoms with van der Waals surface area (Å²) in [6.07, 6.45) is 5.88. The number of fused-ring (bicyclic) bond motifs is 5. The zero-order valence-electron chi connectivity index (χ0n) is 16.3. The Morgan fingerprint density at radius 3 is 2.58 bits per heavy atom. The monoisotopic (exact) mass is 358 g/mol. The molecule has 0 spiro atoms. The summed E-state index contributed by atoms with van der Waals surface area (Å²) < 4.78 is 0. The van der Waals surface area contributed by atoms with Crippen molar-refractivity contribution in [3.05, 3.63) is 11.6 Å². The molecule has 3 fully saturated rings. The van der Waals surface area contributed by atoms with Gasteiger partial charge in [0.1, 0.15) is 11.4 Å². The molecule has 1 unspecified atom stereocenters. The fraction of sp³-hybridized carbons (Fsp3) is 0.773. The first-order valence-corrected chi connectivity index (χ1v) is 10.1. The van der Waals surface area contributed by atoms with Crippen molar-refractivity contribution in [3.63, 3.8) is 0 Å². The van der Waals surface area contributed by atoms with Crippen LogP contribution in [-0.2, 0) is 14.4 Å². The van der Waals surface area contributed by atoms with E-state index in [1.807, 2.05) is 13.8 Å². The minimum Gasteiger partial charge on any atom is -0.381 e. The van der Waals surface area contributed by atoms with Gasteiger partial charge in [0.2, 0.25) is 0 Å². The van der Waals surface area contributed by atoms with Crippen LogP contribution >= 0.6 is 0 Å². The lowest BCUT2D eigenvalue weighted by Crippen LogP contribution is -2.61. The molecule has 7 atom stereocenters. The Bertz CT molecular complexity index is 736. The third kappa shape index (κ3) is 1.97. The molecule has 26 heavy (non-hydrogen) atoms. The number of Topliss-reactive ketones (excluding diaryl/α,β-unsaturated/α-hetero) is 2. The normalized spacial score (nSPS) is 50.6. The summed E-state index contributed by atoms with van der Waals surface area (Å²) in [5.41, 5.74) is -1.15. The highest BCUT2D eigenvalue weighted by atomic mass is 16.3. The van der Waals surface area contributed by atoms with Gasteiger partial charge in [0, 0.05) is 24.2 Å². The van der Waals surface area contributed by atoms with Crippen LogP contribution in [0.4, 0.5) is 0 Å². The zero-order valence-corrected chi connectivity index (χ0v) is 16.3. The highest BCUT2D eigenvalue weighted by molar-refractivity contribution is 5.94. The zero-order chi connectivity index (χ0) is 19.1. The van der Waals surface area contributed by atoms with E-state index >= 15 is 0 Å². The number of hydrogen-bond donors (Lipinski definition) is 1. The van der Waals surface area contributed by atoms with E-state index in [1.54, 1.807) is 6.08 Å². The number of carbonyl (C=O) groups is 3. The molecule has 0 bridgehead atoms. The van der Waals surface area contributed by atoms with Crippen molar-refractivity contribution in [2.75, 3.05) is 0 Å². The Kier molecular flexibility index (Phi) is 3.74. The second-order valence-electron chi connectivity index (χ2n) is 9.86. The Morgan fingerprint density at radius 2 is 1.92 bits per heavy atom. The van der Waals surface area contributed by atoms with Gasteiger partial charge in [-0.3, -0.25) is 14.4 Å². The smallest absolute Gasteiger partial charge is 0.162 e.